The lowest BCUT2D eigenvalue weighted by Crippen LogP contribution is -2.14. The molecule has 0 radical (unpaired) electrons. The van der Waals surface area contributed by atoms with Crippen molar-refractivity contribution in [1.82, 2.24) is 14.8 Å². The van der Waals surface area contributed by atoms with E-state index in [9.17, 15) is 4.79 Å². The van der Waals surface area contributed by atoms with Crippen LogP contribution in [0, 0.1) is 6.92 Å². The van der Waals surface area contributed by atoms with Crippen LogP contribution in [0.3, 0.4) is 0 Å². The molecule has 114 valence electrons. The van der Waals surface area contributed by atoms with E-state index in [1.807, 2.05) is 6.92 Å². The molecule has 6 heteroatoms. The molecule has 0 spiro atoms. The average molecular weight is 318 g/mol. The van der Waals surface area contributed by atoms with Crippen molar-refractivity contribution in [3.63, 3.8) is 0 Å². The Morgan fingerprint density at radius 3 is 2.73 bits per heavy atom. The molecular formula is C16H16ClN3O2. The van der Waals surface area contributed by atoms with Gasteiger partial charge in [0, 0.05) is 23.5 Å². The number of aliphatic hydroxyl groups is 1. The number of pyridine rings is 1. The summed E-state index contributed by atoms with van der Waals surface area (Å²) in [5.41, 5.74) is 3.67. The molecule has 0 amide bonds. The molecule has 0 aromatic heterocycles. The fourth-order valence-electron chi connectivity index (χ4n) is 2.53. The SMILES string of the molecule is Cc1[nH]cc2c(=O)n(-c3ccc(Cl)cc3)nc-2c1CCCO. The number of aryl methyl sites for hydroxylation is 1. The molecule has 2 N–H and O–H groups in total. The highest BCUT2D eigenvalue weighted by atomic mass is 35.5. The standard InChI is InChI=1S/C16H16ClN3O2/c1-10-13(3-2-8-21)15-14(9-18-10)16(22)20(19-15)12-6-4-11(17)5-7-12/h4-7,9,18,21H,2-3,8H2,1H3. The number of nitrogens with zero attached hydrogens (tertiary/aromatic N) is 2. The van der Waals surface area contributed by atoms with Crippen LogP contribution in [-0.4, -0.2) is 26.5 Å². The Labute approximate surface area is 132 Å². The van der Waals surface area contributed by atoms with Crippen molar-refractivity contribution in [2.24, 2.45) is 0 Å². The zero-order valence-electron chi connectivity index (χ0n) is 12.1. The third-order valence-corrected chi connectivity index (χ3v) is 3.96. The van der Waals surface area contributed by atoms with Crippen LogP contribution in [0.25, 0.3) is 16.9 Å². The summed E-state index contributed by atoms with van der Waals surface area (Å²) in [5.74, 6) is 0. The van der Waals surface area contributed by atoms with E-state index in [0.717, 1.165) is 11.3 Å². The number of aromatic nitrogens is 3. The predicted molar refractivity (Wildman–Crippen MR) is 86.0 cm³/mol. The molecule has 0 atom stereocenters. The Morgan fingerprint density at radius 1 is 1.32 bits per heavy atom. The lowest BCUT2D eigenvalue weighted by atomic mass is 10.0. The van der Waals surface area contributed by atoms with Crippen molar-refractivity contribution in [3.05, 3.63) is 57.1 Å². The van der Waals surface area contributed by atoms with Crippen LogP contribution in [-0.2, 0) is 6.42 Å². The van der Waals surface area contributed by atoms with E-state index in [0.29, 0.717) is 34.8 Å². The largest absolute Gasteiger partial charge is 0.396 e. The Kier molecular flexibility index (Phi) is 4.00. The molecule has 0 saturated heterocycles. The van der Waals surface area contributed by atoms with Crippen LogP contribution >= 0.6 is 11.6 Å². The monoisotopic (exact) mass is 317 g/mol. The third-order valence-electron chi connectivity index (χ3n) is 3.71. The molecule has 2 aliphatic rings. The molecule has 0 saturated carbocycles. The van der Waals surface area contributed by atoms with Gasteiger partial charge < -0.3 is 10.1 Å². The first kappa shape index (κ1) is 14.8. The van der Waals surface area contributed by atoms with Crippen LogP contribution < -0.4 is 5.56 Å². The molecule has 0 fully saturated rings. The molecule has 0 aliphatic carbocycles. The molecule has 22 heavy (non-hydrogen) atoms. The van der Waals surface area contributed by atoms with Crippen LogP contribution in [0.1, 0.15) is 17.7 Å². The van der Waals surface area contributed by atoms with Crippen molar-refractivity contribution in [2.45, 2.75) is 19.8 Å². The topological polar surface area (TPSA) is 70.9 Å². The highest BCUT2D eigenvalue weighted by molar-refractivity contribution is 6.30. The molecular weight excluding hydrogens is 302 g/mol. The van der Waals surface area contributed by atoms with Gasteiger partial charge in [-0.1, -0.05) is 11.6 Å². The molecule has 2 aliphatic heterocycles. The van der Waals surface area contributed by atoms with Crippen molar-refractivity contribution in [1.29, 1.82) is 0 Å². The van der Waals surface area contributed by atoms with Gasteiger partial charge in [0.15, 0.2) is 0 Å². The lowest BCUT2D eigenvalue weighted by Gasteiger charge is -2.08. The van der Waals surface area contributed by atoms with Gasteiger partial charge in [0.2, 0.25) is 0 Å². The first-order valence-electron chi connectivity index (χ1n) is 7.08. The Bertz CT molecular complexity index is 821. The van der Waals surface area contributed by atoms with Gasteiger partial charge in [-0.2, -0.15) is 9.78 Å². The minimum absolute atomic E-state index is 0.109. The minimum Gasteiger partial charge on any atom is -0.396 e. The zero-order valence-corrected chi connectivity index (χ0v) is 12.9. The first-order chi connectivity index (χ1) is 10.6. The Balaban J connectivity index is 2.17. The molecule has 2 heterocycles. The van der Waals surface area contributed by atoms with E-state index in [-0.39, 0.29) is 12.2 Å². The molecule has 0 bridgehead atoms. The zero-order chi connectivity index (χ0) is 15.7. The molecule has 5 nitrogen and oxygen atoms in total. The highest BCUT2D eigenvalue weighted by Crippen LogP contribution is 2.24. The maximum Gasteiger partial charge on any atom is 0.282 e. The van der Waals surface area contributed by atoms with Crippen molar-refractivity contribution < 1.29 is 5.11 Å². The summed E-state index contributed by atoms with van der Waals surface area (Å²) >= 11 is 5.88. The quantitative estimate of drug-likeness (QED) is 0.777. The molecule has 0 unspecified atom stereocenters. The predicted octanol–water partition coefficient (Wildman–Crippen LogP) is 2.55. The van der Waals surface area contributed by atoms with E-state index in [2.05, 4.69) is 10.1 Å². The fraction of sp³-hybridized carbons (Fsp3) is 0.250. The van der Waals surface area contributed by atoms with E-state index in [1.54, 1.807) is 30.5 Å². The number of hydrogen-bond donors (Lipinski definition) is 2. The summed E-state index contributed by atoms with van der Waals surface area (Å²) in [4.78, 5) is 15.7. The second-order valence-corrected chi connectivity index (χ2v) is 5.61. The Hall–Kier alpha value is -2.11. The maximum absolute atomic E-state index is 12.5. The smallest absolute Gasteiger partial charge is 0.282 e. The summed E-state index contributed by atoms with van der Waals surface area (Å²) in [6, 6.07) is 6.98. The summed E-state index contributed by atoms with van der Waals surface area (Å²) in [5, 5.41) is 14.1. The van der Waals surface area contributed by atoms with Gasteiger partial charge in [-0.3, -0.25) is 4.79 Å². The van der Waals surface area contributed by atoms with E-state index < -0.39 is 0 Å². The first-order valence-corrected chi connectivity index (χ1v) is 7.46. The Morgan fingerprint density at radius 2 is 2.05 bits per heavy atom. The fourth-order valence-corrected chi connectivity index (χ4v) is 2.66. The van der Waals surface area contributed by atoms with Crippen molar-refractivity contribution >= 4 is 11.6 Å². The number of nitrogens with one attached hydrogen (secondary N) is 1. The van der Waals surface area contributed by atoms with Gasteiger partial charge in [-0.15, -0.1) is 0 Å². The van der Waals surface area contributed by atoms with E-state index in [4.69, 9.17) is 16.7 Å². The van der Waals surface area contributed by atoms with Crippen molar-refractivity contribution in [3.8, 4) is 16.9 Å². The summed E-state index contributed by atoms with van der Waals surface area (Å²) in [7, 11) is 0. The summed E-state index contributed by atoms with van der Waals surface area (Å²) < 4.78 is 1.39. The van der Waals surface area contributed by atoms with E-state index in [1.165, 1.54) is 4.68 Å². The van der Waals surface area contributed by atoms with Crippen LogP contribution in [0.2, 0.25) is 5.02 Å². The van der Waals surface area contributed by atoms with Gasteiger partial charge in [0.25, 0.3) is 5.56 Å². The van der Waals surface area contributed by atoms with Gasteiger partial charge in [-0.05, 0) is 49.6 Å². The van der Waals surface area contributed by atoms with E-state index >= 15 is 0 Å². The van der Waals surface area contributed by atoms with Gasteiger partial charge in [0.05, 0.1) is 11.3 Å². The summed E-state index contributed by atoms with van der Waals surface area (Å²) in [6.45, 7) is 2.05. The number of aromatic amines is 1. The lowest BCUT2D eigenvalue weighted by molar-refractivity contribution is 0.288. The number of benzene rings is 1. The van der Waals surface area contributed by atoms with Crippen molar-refractivity contribution in [2.75, 3.05) is 6.61 Å². The number of halogens is 1. The second kappa shape index (κ2) is 5.94. The van der Waals surface area contributed by atoms with Crippen LogP contribution in [0.15, 0.2) is 35.3 Å². The van der Waals surface area contributed by atoms with Crippen LogP contribution in [0.5, 0.6) is 0 Å². The average Bonchev–Trinajstić information content (AvgIpc) is 2.84. The van der Waals surface area contributed by atoms with Crippen LogP contribution in [0.4, 0.5) is 0 Å². The number of H-pyrrole nitrogens is 1. The number of hydrogen-bond acceptors (Lipinski definition) is 3. The van der Waals surface area contributed by atoms with Gasteiger partial charge in [-0.25, -0.2) is 0 Å². The highest BCUT2D eigenvalue weighted by Gasteiger charge is 2.20. The van der Waals surface area contributed by atoms with Gasteiger partial charge >= 0.3 is 0 Å². The summed E-state index contributed by atoms with van der Waals surface area (Å²) in [6.07, 6.45) is 3.00. The molecule has 3 rings (SSSR count). The maximum atomic E-state index is 12.5. The minimum atomic E-state index is -0.168. The molecule has 1 aromatic rings. The third kappa shape index (κ3) is 2.53. The van der Waals surface area contributed by atoms with Gasteiger partial charge in [0.1, 0.15) is 5.69 Å². The number of aliphatic hydroxyl groups excluding tert-OH is 1. The number of fused-ring (bicyclic) bond motifs is 1. The second-order valence-electron chi connectivity index (χ2n) is 5.18. The molecule has 1 aromatic carbocycles. The number of rotatable bonds is 4. The normalized spacial score (nSPS) is 11.2.